The van der Waals surface area contributed by atoms with Crippen LogP contribution in [0.4, 0.5) is 17.3 Å². The number of ether oxygens (including phenoxy) is 1. The smallest absolute Gasteiger partial charge is 0.253 e. The maximum absolute atomic E-state index is 13.3. The van der Waals surface area contributed by atoms with Crippen LogP contribution in [0.1, 0.15) is 47.2 Å². The Kier molecular flexibility index (Phi) is 7.28. The summed E-state index contributed by atoms with van der Waals surface area (Å²) < 4.78 is 7.90. The van der Waals surface area contributed by atoms with E-state index in [1.807, 2.05) is 53.6 Å². The Bertz CT molecular complexity index is 1580. The van der Waals surface area contributed by atoms with Gasteiger partial charge in [-0.15, -0.1) is 5.10 Å². The van der Waals surface area contributed by atoms with Crippen molar-refractivity contribution in [2.45, 2.75) is 43.8 Å². The third-order valence-corrected chi connectivity index (χ3v) is 9.21. The fourth-order valence-electron chi connectivity index (χ4n) is 6.71. The van der Waals surface area contributed by atoms with Crippen molar-refractivity contribution in [2.75, 3.05) is 56.1 Å². The van der Waals surface area contributed by atoms with Crippen LogP contribution in [0.2, 0.25) is 0 Å². The second-order valence-corrected chi connectivity index (χ2v) is 12.2. The van der Waals surface area contributed by atoms with Crippen molar-refractivity contribution in [3.63, 3.8) is 0 Å². The predicted molar refractivity (Wildman–Crippen MR) is 166 cm³/mol. The van der Waals surface area contributed by atoms with Gasteiger partial charge < -0.3 is 30.3 Å². The molecule has 0 bridgehead atoms. The van der Waals surface area contributed by atoms with E-state index in [0.29, 0.717) is 37.5 Å². The second kappa shape index (κ2) is 11.3. The van der Waals surface area contributed by atoms with Gasteiger partial charge in [-0.2, -0.15) is 4.98 Å². The van der Waals surface area contributed by atoms with Crippen LogP contribution in [0.25, 0.3) is 5.65 Å². The van der Waals surface area contributed by atoms with E-state index in [-0.39, 0.29) is 11.5 Å². The van der Waals surface area contributed by atoms with Gasteiger partial charge in [0.05, 0.1) is 30.0 Å². The number of aromatic nitrogens is 3. The summed E-state index contributed by atoms with van der Waals surface area (Å²) in [5, 5.41) is 22.7. The highest BCUT2D eigenvalue weighted by Crippen LogP contribution is 2.36. The zero-order valence-electron chi connectivity index (χ0n) is 24.6. The molecule has 3 N–H and O–H groups in total. The van der Waals surface area contributed by atoms with Gasteiger partial charge >= 0.3 is 0 Å². The molecule has 0 radical (unpaired) electrons. The number of amides is 1. The number of fused-ring (bicyclic) bond motifs is 1. The van der Waals surface area contributed by atoms with Crippen molar-refractivity contribution in [1.29, 1.82) is 0 Å². The summed E-state index contributed by atoms with van der Waals surface area (Å²) in [6.45, 7) is 7.21. The molecule has 1 unspecified atom stereocenters. The minimum Gasteiger partial charge on any atom is -0.385 e. The van der Waals surface area contributed by atoms with Crippen molar-refractivity contribution in [3.8, 4) is 0 Å². The predicted octanol–water partition coefficient (Wildman–Crippen LogP) is 3.86. The number of likely N-dealkylation sites (tertiary alicyclic amines) is 1. The average Bonchev–Trinajstić information content (AvgIpc) is 3.45. The van der Waals surface area contributed by atoms with E-state index < -0.39 is 5.60 Å². The fraction of sp³-hybridized carbons (Fsp3) is 0.424. The first-order chi connectivity index (χ1) is 20.9. The highest BCUT2D eigenvalue weighted by atomic mass is 16.5. The molecule has 10 nitrogen and oxygen atoms in total. The largest absolute Gasteiger partial charge is 0.385 e. The van der Waals surface area contributed by atoms with Crippen molar-refractivity contribution < 1.29 is 14.6 Å². The van der Waals surface area contributed by atoms with E-state index in [1.165, 1.54) is 5.56 Å². The Hall–Kier alpha value is -3.99. The first kappa shape index (κ1) is 27.8. The molecule has 1 amide bonds. The molecule has 3 aliphatic rings. The third-order valence-electron chi connectivity index (χ3n) is 9.21. The summed E-state index contributed by atoms with van der Waals surface area (Å²) in [7, 11) is 0. The van der Waals surface area contributed by atoms with Crippen LogP contribution in [-0.4, -0.2) is 82.0 Å². The molecule has 3 fully saturated rings. The fourth-order valence-corrected chi connectivity index (χ4v) is 6.71. The van der Waals surface area contributed by atoms with Crippen LogP contribution in [0, 0.1) is 6.92 Å². The number of benzene rings is 2. The zero-order chi connectivity index (χ0) is 29.4. The molecule has 4 aromatic rings. The molecule has 5 heterocycles. The Morgan fingerprint density at radius 2 is 1.81 bits per heavy atom. The molecular weight excluding hydrogens is 542 g/mol. The molecular formula is C33H39N7O3. The number of morpholine rings is 1. The Morgan fingerprint density at radius 3 is 2.56 bits per heavy atom. The maximum atomic E-state index is 13.3. The second-order valence-electron chi connectivity index (χ2n) is 12.2. The van der Waals surface area contributed by atoms with Crippen molar-refractivity contribution >= 4 is 28.9 Å². The minimum absolute atomic E-state index is 0.0334. The van der Waals surface area contributed by atoms with E-state index in [1.54, 1.807) is 4.52 Å². The van der Waals surface area contributed by atoms with Gasteiger partial charge in [0.15, 0.2) is 5.65 Å². The summed E-state index contributed by atoms with van der Waals surface area (Å²) >= 11 is 0. The first-order valence-corrected chi connectivity index (χ1v) is 15.3. The monoisotopic (exact) mass is 581 g/mol. The SMILES string of the molecule is Cc1ccc(C2(O)CCN(c3cccn4nc(Nc5ccc(C(=O)N6CCCC7(CNCCO7)C6)cc5)nc34)CC2)cc1. The number of rotatable bonds is 5. The van der Waals surface area contributed by atoms with Crippen LogP contribution >= 0.6 is 0 Å². The normalized spacial score (nSPS) is 22.2. The van der Waals surface area contributed by atoms with Gasteiger partial charge in [0.2, 0.25) is 5.95 Å². The lowest BCUT2D eigenvalue weighted by atomic mass is 9.84. The number of carbonyl (C=O) groups is 1. The number of aryl methyl sites for hydroxylation is 1. The summed E-state index contributed by atoms with van der Waals surface area (Å²) in [5.41, 5.74) is 4.31. The van der Waals surface area contributed by atoms with Crippen molar-refractivity contribution in [1.82, 2.24) is 24.8 Å². The van der Waals surface area contributed by atoms with Crippen molar-refractivity contribution in [2.24, 2.45) is 0 Å². The third kappa shape index (κ3) is 5.58. The van der Waals surface area contributed by atoms with Crippen LogP contribution in [0.15, 0.2) is 66.9 Å². The Balaban J connectivity index is 1.02. The number of pyridine rings is 1. The number of carbonyl (C=O) groups excluding carboxylic acids is 1. The van der Waals surface area contributed by atoms with Gasteiger partial charge in [-0.25, -0.2) is 4.52 Å². The molecule has 7 rings (SSSR count). The quantitative estimate of drug-likeness (QED) is 0.326. The summed E-state index contributed by atoms with van der Waals surface area (Å²) in [6.07, 6.45) is 5.10. The highest BCUT2D eigenvalue weighted by Gasteiger charge is 2.39. The molecule has 3 saturated heterocycles. The lowest BCUT2D eigenvalue weighted by Crippen LogP contribution is -2.59. The Labute approximate surface area is 251 Å². The lowest BCUT2D eigenvalue weighted by molar-refractivity contribution is -0.0989. The van der Waals surface area contributed by atoms with Gasteiger partial charge in [-0.3, -0.25) is 4.79 Å². The van der Waals surface area contributed by atoms with E-state index >= 15 is 0 Å². The molecule has 0 saturated carbocycles. The summed E-state index contributed by atoms with van der Waals surface area (Å²) in [6, 6.07) is 19.7. The molecule has 10 heteroatoms. The van der Waals surface area contributed by atoms with E-state index in [4.69, 9.17) is 9.72 Å². The van der Waals surface area contributed by atoms with Gasteiger partial charge in [-0.05, 0) is 74.6 Å². The molecule has 224 valence electrons. The molecule has 1 spiro atoms. The molecule has 2 aromatic heterocycles. The topological polar surface area (TPSA) is 107 Å². The van der Waals surface area contributed by atoms with Crippen LogP contribution in [-0.2, 0) is 10.3 Å². The molecule has 0 aliphatic carbocycles. The maximum Gasteiger partial charge on any atom is 0.253 e. The number of nitrogens with one attached hydrogen (secondary N) is 2. The standard InChI is InChI=1S/C33H39N7O3/c1-24-5-9-26(10-6-24)33(42)14-19-38(20-15-33)28-4-2-18-40-29(28)36-31(37-40)35-27-11-7-25(8-12-27)30(41)39-17-3-13-32(23-39)22-34-16-21-43-32/h2,4-12,18,34,42H,3,13-17,19-23H2,1H3,(H,35,37). The number of anilines is 3. The van der Waals surface area contributed by atoms with E-state index in [9.17, 15) is 9.90 Å². The van der Waals surface area contributed by atoms with Crippen LogP contribution in [0.5, 0.6) is 0 Å². The van der Waals surface area contributed by atoms with E-state index in [2.05, 4.69) is 45.8 Å². The summed E-state index contributed by atoms with van der Waals surface area (Å²) in [4.78, 5) is 22.3. The van der Waals surface area contributed by atoms with Crippen LogP contribution < -0.4 is 15.5 Å². The van der Waals surface area contributed by atoms with Gasteiger partial charge in [-0.1, -0.05) is 29.8 Å². The molecule has 1 atom stereocenters. The number of nitrogens with zero attached hydrogens (tertiary/aromatic N) is 5. The molecule has 3 aliphatic heterocycles. The number of hydrogen-bond acceptors (Lipinski definition) is 8. The highest BCUT2D eigenvalue weighted by molar-refractivity contribution is 5.94. The van der Waals surface area contributed by atoms with Gasteiger partial charge in [0.1, 0.15) is 0 Å². The van der Waals surface area contributed by atoms with Gasteiger partial charge in [0, 0.05) is 50.2 Å². The minimum atomic E-state index is -0.820. The number of piperidine rings is 2. The average molecular weight is 582 g/mol. The molecule has 2 aromatic carbocycles. The first-order valence-electron chi connectivity index (χ1n) is 15.3. The zero-order valence-corrected chi connectivity index (χ0v) is 24.6. The van der Waals surface area contributed by atoms with Crippen molar-refractivity contribution in [3.05, 3.63) is 83.6 Å². The summed E-state index contributed by atoms with van der Waals surface area (Å²) in [5.74, 6) is 0.519. The lowest BCUT2D eigenvalue weighted by Gasteiger charge is -2.45. The van der Waals surface area contributed by atoms with Gasteiger partial charge in [0.25, 0.3) is 5.91 Å². The van der Waals surface area contributed by atoms with Crippen LogP contribution in [0.3, 0.4) is 0 Å². The number of aliphatic hydroxyl groups is 1. The number of hydrogen-bond donors (Lipinski definition) is 3. The Morgan fingerprint density at radius 1 is 1.02 bits per heavy atom. The molecule has 43 heavy (non-hydrogen) atoms. The van der Waals surface area contributed by atoms with E-state index in [0.717, 1.165) is 68.2 Å².